The van der Waals surface area contributed by atoms with Crippen LogP contribution in [0.4, 0.5) is 0 Å². The van der Waals surface area contributed by atoms with E-state index in [4.69, 9.17) is 18.9 Å². The SMILES string of the molecule is CCN(C=C1C(=O)O[C@H](COC)[C@]2(C)C3=C(C(=O)C(=O)C12)C1CC[C@H](OC=O)[C@@]1(C)C[C@H]3OC(C)=O)CC. The predicted octanol–water partition coefficient (Wildman–Crippen LogP) is 2.15. The molecule has 2 unspecified atom stereocenters. The predicted molar refractivity (Wildman–Crippen MR) is 133 cm³/mol. The average Bonchev–Trinajstić information content (AvgIpc) is 3.18. The molecule has 7 atom stereocenters. The number of cyclic esters (lactones) is 1. The molecule has 0 aromatic carbocycles. The zero-order valence-electron chi connectivity index (χ0n) is 22.9. The normalized spacial score (nSPS) is 37.3. The van der Waals surface area contributed by atoms with Gasteiger partial charge in [0.2, 0.25) is 11.6 Å². The van der Waals surface area contributed by atoms with E-state index in [1.807, 2.05) is 25.7 Å². The summed E-state index contributed by atoms with van der Waals surface area (Å²) in [6, 6.07) is 0. The summed E-state index contributed by atoms with van der Waals surface area (Å²) in [6.45, 7) is 10.4. The molecule has 0 aromatic heterocycles. The second-order valence-electron chi connectivity index (χ2n) is 11.1. The molecule has 1 heterocycles. The highest BCUT2D eigenvalue weighted by Crippen LogP contribution is 2.63. The number of fused-ring (bicyclic) bond motifs is 4. The third kappa shape index (κ3) is 4.08. The number of hydrogen-bond donors (Lipinski definition) is 0. The second kappa shape index (κ2) is 10.3. The Kier molecular flexibility index (Phi) is 7.58. The first-order valence-electron chi connectivity index (χ1n) is 13.2. The first-order chi connectivity index (χ1) is 18.0. The maximum Gasteiger partial charge on any atom is 0.336 e. The number of ketones is 2. The van der Waals surface area contributed by atoms with Gasteiger partial charge in [-0.2, -0.15) is 0 Å². The van der Waals surface area contributed by atoms with E-state index in [1.165, 1.54) is 14.0 Å². The molecule has 10 heteroatoms. The number of esters is 2. The van der Waals surface area contributed by atoms with Gasteiger partial charge in [-0.1, -0.05) is 13.8 Å². The number of rotatable bonds is 8. The fourth-order valence-electron chi connectivity index (χ4n) is 7.36. The van der Waals surface area contributed by atoms with Gasteiger partial charge in [-0.15, -0.1) is 0 Å². The highest BCUT2D eigenvalue weighted by Gasteiger charge is 2.68. The summed E-state index contributed by atoms with van der Waals surface area (Å²) in [7, 11) is 1.47. The number of nitrogens with zero attached hydrogens (tertiary/aromatic N) is 1. The third-order valence-electron chi connectivity index (χ3n) is 9.19. The largest absolute Gasteiger partial charge is 0.464 e. The van der Waals surface area contributed by atoms with Crippen LogP contribution in [-0.2, 0) is 42.9 Å². The molecule has 4 aliphatic rings. The number of ether oxygens (including phenoxy) is 4. The van der Waals surface area contributed by atoms with Crippen LogP contribution >= 0.6 is 0 Å². The van der Waals surface area contributed by atoms with E-state index >= 15 is 0 Å². The van der Waals surface area contributed by atoms with Crippen LogP contribution in [0, 0.1) is 22.7 Å². The van der Waals surface area contributed by atoms with E-state index in [2.05, 4.69) is 0 Å². The van der Waals surface area contributed by atoms with Crippen molar-refractivity contribution < 1.29 is 42.9 Å². The van der Waals surface area contributed by atoms with E-state index in [-0.39, 0.29) is 18.1 Å². The standard InChI is InChI=1S/C28H37NO9/c1-7-29(8-2)12-16-22-25(33)24(32)21-17-9-10-19(36-14-30)27(17,4)11-18(37-15(3)31)23(21)28(22,5)20(13-35-6)38-26(16)34/h12,14,17-20,22H,7-11,13H2,1-6H3/t17?,18-,19+,20-,22?,27+,28+/m1/s1. The monoisotopic (exact) mass is 531 g/mol. The van der Waals surface area contributed by atoms with Crippen molar-refractivity contribution in [2.24, 2.45) is 22.7 Å². The summed E-state index contributed by atoms with van der Waals surface area (Å²) < 4.78 is 22.6. The van der Waals surface area contributed by atoms with E-state index in [0.717, 1.165) is 0 Å². The molecular weight excluding hydrogens is 494 g/mol. The van der Waals surface area contributed by atoms with Crippen molar-refractivity contribution in [1.29, 1.82) is 0 Å². The van der Waals surface area contributed by atoms with Crippen molar-refractivity contribution in [3.8, 4) is 0 Å². The fourth-order valence-corrected chi connectivity index (χ4v) is 7.36. The molecule has 0 bridgehead atoms. The molecule has 38 heavy (non-hydrogen) atoms. The third-order valence-corrected chi connectivity index (χ3v) is 9.19. The van der Waals surface area contributed by atoms with Gasteiger partial charge in [-0.25, -0.2) is 4.79 Å². The molecule has 1 saturated heterocycles. The summed E-state index contributed by atoms with van der Waals surface area (Å²) in [5.74, 6) is -4.10. The fraction of sp³-hybridized carbons (Fsp3) is 0.679. The van der Waals surface area contributed by atoms with Crippen LogP contribution < -0.4 is 0 Å². The second-order valence-corrected chi connectivity index (χ2v) is 11.1. The molecule has 208 valence electrons. The van der Waals surface area contributed by atoms with Crippen LogP contribution in [0.5, 0.6) is 0 Å². The Morgan fingerprint density at radius 1 is 1.16 bits per heavy atom. The molecule has 1 aliphatic heterocycles. The van der Waals surface area contributed by atoms with Crippen molar-refractivity contribution in [3.63, 3.8) is 0 Å². The number of carbonyl (C=O) groups is 5. The van der Waals surface area contributed by atoms with Crippen molar-refractivity contribution in [3.05, 3.63) is 22.9 Å². The Hall–Kier alpha value is -3.01. The van der Waals surface area contributed by atoms with E-state index in [1.54, 1.807) is 13.1 Å². The zero-order valence-corrected chi connectivity index (χ0v) is 22.9. The van der Waals surface area contributed by atoms with Crippen LogP contribution in [0.3, 0.4) is 0 Å². The van der Waals surface area contributed by atoms with Crippen molar-refractivity contribution in [1.82, 2.24) is 4.90 Å². The molecule has 0 amide bonds. The Balaban J connectivity index is 2.00. The lowest BCUT2D eigenvalue weighted by molar-refractivity contribution is -0.175. The summed E-state index contributed by atoms with van der Waals surface area (Å²) >= 11 is 0. The zero-order chi connectivity index (χ0) is 28.0. The van der Waals surface area contributed by atoms with Gasteiger partial charge >= 0.3 is 11.9 Å². The van der Waals surface area contributed by atoms with Crippen molar-refractivity contribution >= 4 is 30.0 Å². The number of allylic oxidation sites excluding steroid dienone is 1. The van der Waals surface area contributed by atoms with Gasteiger partial charge in [-0.3, -0.25) is 19.2 Å². The lowest BCUT2D eigenvalue weighted by atomic mass is 9.50. The van der Waals surface area contributed by atoms with Gasteiger partial charge in [-0.05, 0) is 44.6 Å². The summed E-state index contributed by atoms with van der Waals surface area (Å²) in [5.41, 5.74) is -1.00. The minimum absolute atomic E-state index is 0.0128. The summed E-state index contributed by atoms with van der Waals surface area (Å²) in [5, 5.41) is 0. The van der Waals surface area contributed by atoms with Crippen molar-refractivity contribution in [2.75, 3.05) is 26.8 Å². The molecule has 0 radical (unpaired) electrons. The van der Waals surface area contributed by atoms with E-state index in [0.29, 0.717) is 50.0 Å². The van der Waals surface area contributed by atoms with Crippen molar-refractivity contribution in [2.45, 2.75) is 72.2 Å². The Labute approximate surface area is 222 Å². The number of Topliss-reactive ketones (excluding diaryl/α,β-unsaturated/α-hetero) is 2. The van der Waals surface area contributed by atoms with Gasteiger partial charge in [0.25, 0.3) is 6.47 Å². The lowest BCUT2D eigenvalue weighted by Crippen LogP contribution is -2.63. The molecular formula is C28H37NO9. The molecule has 2 fully saturated rings. The summed E-state index contributed by atoms with van der Waals surface area (Å²) in [6.07, 6.45) is 0.666. The lowest BCUT2D eigenvalue weighted by Gasteiger charge is -2.56. The molecule has 10 nitrogen and oxygen atoms in total. The number of carbonyl (C=O) groups excluding carboxylic acids is 5. The van der Waals surface area contributed by atoms with Crippen LogP contribution in [0.1, 0.15) is 53.9 Å². The van der Waals surface area contributed by atoms with Gasteiger partial charge in [0, 0.05) is 49.7 Å². The van der Waals surface area contributed by atoms with Gasteiger partial charge < -0.3 is 23.8 Å². The minimum atomic E-state index is -1.20. The van der Waals surface area contributed by atoms with Gasteiger partial charge in [0.15, 0.2) is 0 Å². The van der Waals surface area contributed by atoms with Crippen LogP contribution in [0.2, 0.25) is 0 Å². The summed E-state index contributed by atoms with van der Waals surface area (Å²) in [4.78, 5) is 66.8. The molecule has 3 aliphatic carbocycles. The highest BCUT2D eigenvalue weighted by atomic mass is 16.6. The number of methoxy groups -OCH3 is 1. The van der Waals surface area contributed by atoms with E-state index < -0.39 is 58.6 Å². The Morgan fingerprint density at radius 3 is 2.42 bits per heavy atom. The number of hydrogen-bond acceptors (Lipinski definition) is 10. The Bertz CT molecular complexity index is 1110. The van der Waals surface area contributed by atoms with E-state index in [9.17, 15) is 24.0 Å². The van der Waals surface area contributed by atoms with Crippen LogP contribution in [0.25, 0.3) is 0 Å². The smallest absolute Gasteiger partial charge is 0.336 e. The van der Waals surface area contributed by atoms with Gasteiger partial charge in [0.05, 0.1) is 18.1 Å². The average molecular weight is 532 g/mol. The first kappa shape index (κ1) is 28.0. The molecule has 0 aromatic rings. The maximum atomic E-state index is 14.0. The quantitative estimate of drug-likeness (QED) is 0.151. The maximum absolute atomic E-state index is 14.0. The van der Waals surface area contributed by atoms with Crippen LogP contribution in [0.15, 0.2) is 22.9 Å². The van der Waals surface area contributed by atoms with Gasteiger partial charge in [0.1, 0.15) is 18.3 Å². The molecule has 0 spiro atoms. The minimum Gasteiger partial charge on any atom is -0.464 e. The first-order valence-corrected chi connectivity index (χ1v) is 13.2. The molecule has 4 rings (SSSR count). The molecule has 1 saturated carbocycles. The molecule has 0 N–H and O–H groups in total. The highest BCUT2D eigenvalue weighted by molar-refractivity contribution is 6.47. The Morgan fingerprint density at radius 2 is 1.84 bits per heavy atom. The topological polar surface area (TPSA) is 126 Å². The van der Waals surface area contributed by atoms with Crippen LogP contribution in [-0.4, -0.2) is 80.0 Å².